The van der Waals surface area contributed by atoms with Gasteiger partial charge in [-0.3, -0.25) is 10.1 Å². The number of rotatable bonds is 4. The zero-order valence-corrected chi connectivity index (χ0v) is 13.9. The molecule has 0 saturated carbocycles. The molecule has 2 aromatic carbocycles. The maximum Gasteiger partial charge on any atom is 0.270 e. The third-order valence-corrected chi connectivity index (χ3v) is 4.14. The number of nitro benzene ring substituents is 1. The minimum Gasteiger partial charge on any atom is -0.363 e. The summed E-state index contributed by atoms with van der Waals surface area (Å²) in [7, 11) is 0. The van der Waals surface area contributed by atoms with E-state index in [9.17, 15) is 15.4 Å². The summed E-state index contributed by atoms with van der Waals surface area (Å²) < 4.78 is 0. The smallest absolute Gasteiger partial charge is 0.270 e. The maximum absolute atomic E-state index is 10.9. The lowest BCUT2D eigenvalue weighted by atomic mass is 10.0. The molecule has 25 heavy (non-hydrogen) atoms. The molecule has 1 atom stereocenters. The van der Waals surface area contributed by atoms with E-state index in [-0.39, 0.29) is 11.7 Å². The van der Waals surface area contributed by atoms with Gasteiger partial charge in [-0.1, -0.05) is 24.3 Å². The number of nitrogens with zero attached hydrogens (tertiary/aromatic N) is 3. The first kappa shape index (κ1) is 16.4. The van der Waals surface area contributed by atoms with Crippen molar-refractivity contribution >= 4 is 22.4 Å². The Labute approximate surface area is 144 Å². The van der Waals surface area contributed by atoms with Gasteiger partial charge in [0.15, 0.2) is 0 Å². The predicted octanol–water partition coefficient (Wildman–Crippen LogP) is 4.50. The van der Waals surface area contributed by atoms with Crippen LogP contribution in [0.15, 0.2) is 48.5 Å². The molecule has 6 nitrogen and oxygen atoms in total. The molecule has 6 heteroatoms. The van der Waals surface area contributed by atoms with E-state index in [1.165, 1.54) is 17.7 Å². The van der Waals surface area contributed by atoms with Crippen LogP contribution in [0.4, 0.5) is 11.5 Å². The molecule has 0 aliphatic carbocycles. The van der Waals surface area contributed by atoms with Gasteiger partial charge in [0.25, 0.3) is 5.69 Å². The van der Waals surface area contributed by atoms with Crippen LogP contribution in [0.1, 0.15) is 29.7 Å². The highest BCUT2D eigenvalue weighted by Gasteiger charge is 2.14. The number of hydrogen-bond acceptors (Lipinski definition) is 5. The lowest BCUT2D eigenvalue weighted by molar-refractivity contribution is -0.384. The van der Waals surface area contributed by atoms with Crippen LogP contribution < -0.4 is 5.32 Å². The van der Waals surface area contributed by atoms with Gasteiger partial charge >= 0.3 is 0 Å². The van der Waals surface area contributed by atoms with Gasteiger partial charge < -0.3 is 5.32 Å². The third kappa shape index (κ3) is 3.26. The van der Waals surface area contributed by atoms with Crippen molar-refractivity contribution < 1.29 is 4.92 Å². The van der Waals surface area contributed by atoms with Crippen LogP contribution >= 0.6 is 0 Å². The van der Waals surface area contributed by atoms with Crippen molar-refractivity contribution in [1.82, 2.24) is 4.98 Å². The first-order chi connectivity index (χ1) is 12.0. The molecule has 1 N–H and O–H groups in total. The van der Waals surface area contributed by atoms with Gasteiger partial charge in [0, 0.05) is 17.5 Å². The second-order valence-corrected chi connectivity index (χ2v) is 5.85. The monoisotopic (exact) mass is 332 g/mol. The summed E-state index contributed by atoms with van der Waals surface area (Å²) in [5.41, 5.74) is 3.16. The molecule has 3 rings (SSSR count). The highest BCUT2D eigenvalue weighted by molar-refractivity contribution is 5.88. The summed E-state index contributed by atoms with van der Waals surface area (Å²) in [6.07, 6.45) is 0. The van der Waals surface area contributed by atoms with E-state index in [1.54, 1.807) is 12.1 Å². The van der Waals surface area contributed by atoms with E-state index in [0.29, 0.717) is 22.3 Å². The number of aryl methyl sites for hydroxylation is 1. The summed E-state index contributed by atoms with van der Waals surface area (Å²) in [5.74, 6) is 0.564. The van der Waals surface area contributed by atoms with Crippen molar-refractivity contribution in [2.24, 2.45) is 0 Å². The van der Waals surface area contributed by atoms with Crippen LogP contribution in [-0.4, -0.2) is 9.91 Å². The zero-order valence-electron chi connectivity index (χ0n) is 13.9. The quantitative estimate of drug-likeness (QED) is 0.561. The number of nitro groups is 1. The highest BCUT2D eigenvalue weighted by atomic mass is 16.6. The van der Waals surface area contributed by atoms with E-state index >= 15 is 0 Å². The minimum atomic E-state index is -0.479. The number of non-ortho nitro benzene ring substituents is 1. The fourth-order valence-electron chi connectivity index (χ4n) is 2.87. The number of pyridine rings is 1. The molecule has 3 aromatic rings. The molecular formula is C19H16N4O2. The normalized spacial score (nSPS) is 11.7. The van der Waals surface area contributed by atoms with Crippen LogP contribution in [0, 0.1) is 28.4 Å². The minimum absolute atomic E-state index is 0.00995. The number of anilines is 1. The van der Waals surface area contributed by atoms with Crippen LogP contribution in [0.2, 0.25) is 0 Å². The molecule has 0 saturated heterocycles. The predicted molar refractivity (Wildman–Crippen MR) is 96.3 cm³/mol. The van der Waals surface area contributed by atoms with Gasteiger partial charge in [-0.2, -0.15) is 5.26 Å². The molecule has 0 spiro atoms. The van der Waals surface area contributed by atoms with E-state index < -0.39 is 4.92 Å². The molecule has 124 valence electrons. The molecule has 1 heterocycles. The summed E-state index contributed by atoms with van der Waals surface area (Å²) >= 11 is 0. The van der Waals surface area contributed by atoms with Crippen LogP contribution in [0.25, 0.3) is 10.9 Å². The summed E-state index contributed by atoms with van der Waals surface area (Å²) in [6.45, 7) is 4.07. The largest absolute Gasteiger partial charge is 0.363 e. The van der Waals surface area contributed by atoms with Crippen LogP contribution in [0.3, 0.4) is 0 Å². The van der Waals surface area contributed by atoms with Crippen molar-refractivity contribution in [1.29, 1.82) is 5.26 Å². The van der Waals surface area contributed by atoms with E-state index in [4.69, 9.17) is 0 Å². The van der Waals surface area contributed by atoms with E-state index in [0.717, 1.165) is 5.56 Å². The van der Waals surface area contributed by atoms with Crippen molar-refractivity contribution in [2.45, 2.75) is 19.9 Å². The number of fused-ring (bicyclic) bond motifs is 1. The number of nitrogens with one attached hydrogen (secondary N) is 1. The summed E-state index contributed by atoms with van der Waals surface area (Å²) in [4.78, 5) is 15.0. The van der Waals surface area contributed by atoms with E-state index in [1.807, 2.05) is 38.1 Å². The second-order valence-electron chi connectivity index (χ2n) is 5.85. The molecule has 1 unspecified atom stereocenters. The maximum atomic E-state index is 10.9. The SMILES string of the molecule is Cc1ccccc1C(C)Nc1cc(C#N)c2cc([N+](=O)[O-])ccc2n1. The highest BCUT2D eigenvalue weighted by Crippen LogP contribution is 2.27. The van der Waals surface area contributed by atoms with Gasteiger partial charge in [0.1, 0.15) is 5.82 Å². The number of benzene rings is 2. The molecule has 0 aliphatic rings. The molecular weight excluding hydrogens is 316 g/mol. The van der Waals surface area contributed by atoms with Crippen molar-refractivity contribution in [2.75, 3.05) is 5.32 Å². The fraction of sp³-hybridized carbons (Fsp3) is 0.158. The Morgan fingerprint density at radius 2 is 2.00 bits per heavy atom. The number of nitriles is 1. The Hall–Kier alpha value is -3.46. The van der Waals surface area contributed by atoms with Gasteiger partial charge in [0.05, 0.1) is 28.1 Å². The van der Waals surface area contributed by atoms with Gasteiger partial charge in [0.2, 0.25) is 0 Å². The number of aromatic nitrogens is 1. The fourth-order valence-corrected chi connectivity index (χ4v) is 2.87. The third-order valence-electron chi connectivity index (χ3n) is 4.14. The topological polar surface area (TPSA) is 91.8 Å². The first-order valence-corrected chi connectivity index (χ1v) is 7.81. The Kier molecular flexibility index (Phi) is 4.31. The van der Waals surface area contributed by atoms with Crippen LogP contribution in [-0.2, 0) is 0 Å². The van der Waals surface area contributed by atoms with Gasteiger partial charge in [-0.25, -0.2) is 4.98 Å². The van der Waals surface area contributed by atoms with Crippen molar-refractivity contribution in [3.8, 4) is 6.07 Å². The molecule has 0 fully saturated rings. The standard InChI is InChI=1S/C19H16N4O2/c1-12-5-3-4-6-16(12)13(2)21-19-9-14(11-20)17-10-15(23(24)25)7-8-18(17)22-19/h3-10,13H,1-2H3,(H,21,22). The van der Waals surface area contributed by atoms with Crippen molar-refractivity contribution in [3.05, 3.63) is 75.3 Å². The average Bonchev–Trinajstić information content (AvgIpc) is 2.60. The average molecular weight is 332 g/mol. The molecule has 0 aliphatic heterocycles. The van der Waals surface area contributed by atoms with Crippen molar-refractivity contribution in [3.63, 3.8) is 0 Å². The molecule has 1 aromatic heterocycles. The number of hydrogen-bond donors (Lipinski definition) is 1. The molecule has 0 bridgehead atoms. The lowest BCUT2D eigenvalue weighted by Gasteiger charge is -2.17. The zero-order chi connectivity index (χ0) is 18.0. The van der Waals surface area contributed by atoms with Gasteiger partial charge in [-0.05, 0) is 37.1 Å². The Balaban J connectivity index is 2.00. The summed E-state index contributed by atoms with van der Waals surface area (Å²) in [6, 6.07) is 16.1. The van der Waals surface area contributed by atoms with E-state index in [2.05, 4.69) is 16.4 Å². The van der Waals surface area contributed by atoms with Gasteiger partial charge in [-0.15, -0.1) is 0 Å². The molecule has 0 radical (unpaired) electrons. The molecule has 0 amide bonds. The second kappa shape index (κ2) is 6.57. The summed E-state index contributed by atoms with van der Waals surface area (Å²) in [5, 5.41) is 24.1. The van der Waals surface area contributed by atoms with Crippen LogP contribution in [0.5, 0.6) is 0 Å². The Morgan fingerprint density at radius 1 is 1.24 bits per heavy atom. The lowest BCUT2D eigenvalue weighted by Crippen LogP contribution is -2.09. The Bertz CT molecular complexity index is 1010. The first-order valence-electron chi connectivity index (χ1n) is 7.81. The Morgan fingerprint density at radius 3 is 2.68 bits per heavy atom.